The van der Waals surface area contributed by atoms with Crippen molar-refractivity contribution < 1.29 is 4.79 Å². The van der Waals surface area contributed by atoms with Crippen LogP contribution in [0.2, 0.25) is 10.0 Å². The van der Waals surface area contributed by atoms with Crippen LogP contribution < -0.4 is 11.1 Å². The van der Waals surface area contributed by atoms with Crippen LogP contribution in [0.15, 0.2) is 11.1 Å². The summed E-state index contributed by atoms with van der Waals surface area (Å²) in [6, 6.07) is 1.63. The summed E-state index contributed by atoms with van der Waals surface area (Å²) >= 11 is 12.9. The van der Waals surface area contributed by atoms with E-state index in [2.05, 4.69) is 10.3 Å². The molecule has 17 heavy (non-hydrogen) atoms. The van der Waals surface area contributed by atoms with Crippen LogP contribution in [0.1, 0.15) is 13.8 Å². The molecule has 0 saturated carbocycles. The Morgan fingerprint density at radius 3 is 2.76 bits per heavy atom. The minimum Gasteiger partial charge on any atom is -0.382 e. The lowest BCUT2D eigenvalue weighted by molar-refractivity contribution is -0.119. The number of carbonyl (C=O) groups is 1. The van der Waals surface area contributed by atoms with Crippen molar-refractivity contribution in [3.8, 4) is 0 Å². The standard InChI is InChI=1S/C10H13Cl2N3OS/c1-5(2)14-8(16)4-17-10-7(12)3-6(11)9(13)15-10/h3,5H,4H2,1-2H3,(H2,13,15)(H,14,16). The number of nitrogens with one attached hydrogen (secondary N) is 1. The molecule has 0 aliphatic carbocycles. The predicted octanol–water partition coefficient (Wildman–Crippen LogP) is 2.59. The molecule has 0 aromatic carbocycles. The molecule has 1 amide bonds. The summed E-state index contributed by atoms with van der Waals surface area (Å²) in [5.41, 5.74) is 5.56. The van der Waals surface area contributed by atoms with E-state index in [4.69, 9.17) is 28.9 Å². The Labute approximate surface area is 114 Å². The van der Waals surface area contributed by atoms with Crippen molar-refractivity contribution in [2.24, 2.45) is 0 Å². The SMILES string of the molecule is CC(C)NC(=O)CSc1nc(N)c(Cl)cc1Cl. The van der Waals surface area contributed by atoms with Crippen LogP contribution in [-0.4, -0.2) is 22.7 Å². The molecule has 1 aromatic heterocycles. The van der Waals surface area contributed by atoms with Gasteiger partial charge in [-0.3, -0.25) is 4.79 Å². The highest BCUT2D eigenvalue weighted by Gasteiger charge is 2.10. The van der Waals surface area contributed by atoms with E-state index in [9.17, 15) is 4.79 Å². The molecule has 3 N–H and O–H groups in total. The Balaban J connectivity index is 2.63. The van der Waals surface area contributed by atoms with Gasteiger partial charge in [0.1, 0.15) is 10.8 Å². The average molecular weight is 294 g/mol. The Kier molecular flexibility index (Phi) is 5.36. The van der Waals surface area contributed by atoms with Gasteiger partial charge in [-0.2, -0.15) is 0 Å². The third-order valence-corrected chi connectivity index (χ3v) is 3.41. The Bertz CT molecular complexity index is 426. The molecule has 0 aliphatic rings. The molecule has 0 bridgehead atoms. The van der Waals surface area contributed by atoms with E-state index < -0.39 is 0 Å². The van der Waals surface area contributed by atoms with Crippen LogP contribution in [0.3, 0.4) is 0 Å². The fourth-order valence-electron chi connectivity index (χ4n) is 1.06. The smallest absolute Gasteiger partial charge is 0.230 e. The summed E-state index contributed by atoms with van der Waals surface area (Å²) in [6.45, 7) is 3.79. The van der Waals surface area contributed by atoms with E-state index in [1.54, 1.807) is 0 Å². The van der Waals surface area contributed by atoms with E-state index in [0.717, 1.165) is 0 Å². The number of nitrogens with zero attached hydrogens (tertiary/aromatic N) is 1. The highest BCUT2D eigenvalue weighted by Crippen LogP contribution is 2.30. The fraction of sp³-hybridized carbons (Fsp3) is 0.400. The Hall–Kier alpha value is -0.650. The number of pyridine rings is 1. The van der Waals surface area contributed by atoms with E-state index in [0.29, 0.717) is 15.1 Å². The Morgan fingerprint density at radius 1 is 1.53 bits per heavy atom. The summed E-state index contributed by atoms with van der Waals surface area (Å²) in [5, 5.41) is 3.98. The van der Waals surface area contributed by atoms with Crippen LogP contribution in [0.5, 0.6) is 0 Å². The third kappa shape index (κ3) is 4.61. The number of carbonyl (C=O) groups excluding carboxylic acids is 1. The van der Waals surface area contributed by atoms with E-state index >= 15 is 0 Å². The molecule has 0 spiro atoms. The molecule has 1 heterocycles. The predicted molar refractivity (Wildman–Crippen MR) is 72.7 cm³/mol. The molecular weight excluding hydrogens is 281 g/mol. The molecule has 1 aromatic rings. The van der Waals surface area contributed by atoms with Crippen molar-refractivity contribution >= 4 is 46.7 Å². The number of hydrogen-bond donors (Lipinski definition) is 2. The first-order valence-corrected chi connectivity index (χ1v) is 6.68. The number of anilines is 1. The normalized spacial score (nSPS) is 10.6. The molecule has 7 heteroatoms. The lowest BCUT2D eigenvalue weighted by Gasteiger charge is -2.08. The number of thioether (sulfide) groups is 1. The summed E-state index contributed by atoms with van der Waals surface area (Å²) in [5.74, 6) is 0.380. The Morgan fingerprint density at radius 2 is 2.18 bits per heavy atom. The lowest BCUT2D eigenvalue weighted by Crippen LogP contribution is -2.31. The third-order valence-electron chi connectivity index (χ3n) is 1.71. The second kappa shape index (κ2) is 6.33. The van der Waals surface area contributed by atoms with Gasteiger partial charge in [0.2, 0.25) is 5.91 Å². The van der Waals surface area contributed by atoms with Gasteiger partial charge in [0.25, 0.3) is 0 Å². The number of hydrogen-bond acceptors (Lipinski definition) is 4. The summed E-state index contributed by atoms with van der Waals surface area (Å²) in [7, 11) is 0. The van der Waals surface area contributed by atoms with Crippen molar-refractivity contribution in [3.05, 3.63) is 16.1 Å². The summed E-state index contributed by atoms with van der Waals surface area (Å²) < 4.78 is 0. The first kappa shape index (κ1) is 14.4. The number of amides is 1. The van der Waals surface area contributed by atoms with E-state index in [-0.39, 0.29) is 23.5 Å². The van der Waals surface area contributed by atoms with Crippen LogP contribution in [0.4, 0.5) is 5.82 Å². The van der Waals surface area contributed by atoms with Crippen LogP contribution >= 0.6 is 35.0 Å². The van der Waals surface area contributed by atoms with Crippen molar-refractivity contribution in [2.45, 2.75) is 24.9 Å². The van der Waals surface area contributed by atoms with Gasteiger partial charge in [-0.15, -0.1) is 0 Å². The quantitative estimate of drug-likeness (QED) is 0.838. The second-order valence-electron chi connectivity index (χ2n) is 3.65. The van der Waals surface area contributed by atoms with E-state index in [1.165, 1.54) is 17.8 Å². The minimum atomic E-state index is -0.0728. The highest BCUT2D eigenvalue weighted by atomic mass is 35.5. The molecule has 0 aliphatic heterocycles. The first-order chi connectivity index (χ1) is 7.90. The fourth-order valence-corrected chi connectivity index (χ4v) is 2.30. The number of aromatic nitrogens is 1. The zero-order chi connectivity index (χ0) is 13.0. The molecule has 0 unspecified atom stereocenters. The minimum absolute atomic E-state index is 0.0728. The van der Waals surface area contributed by atoms with Crippen molar-refractivity contribution in [3.63, 3.8) is 0 Å². The van der Waals surface area contributed by atoms with Crippen molar-refractivity contribution in [1.82, 2.24) is 10.3 Å². The molecular formula is C10H13Cl2N3OS. The molecule has 1 rings (SSSR count). The van der Waals surface area contributed by atoms with Crippen molar-refractivity contribution in [2.75, 3.05) is 11.5 Å². The first-order valence-electron chi connectivity index (χ1n) is 4.94. The molecule has 4 nitrogen and oxygen atoms in total. The van der Waals surface area contributed by atoms with Gasteiger partial charge in [0.15, 0.2) is 0 Å². The van der Waals surface area contributed by atoms with Gasteiger partial charge in [0.05, 0.1) is 15.8 Å². The van der Waals surface area contributed by atoms with Gasteiger partial charge in [0, 0.05) is 6.04 Å². The summed E-state index contributed by atoms with van der Waals surface area (Å²) in [6.07, 6.45) is 0. The maximum absolute atomic E-state index is 11.4. The number of nitrogens with two attached hydrogens (primary N) is 1. The molecule has 0 radical (unpaired) electrons. The van der Waals surface area contributed by atoms with Gasteiger partial charge >= 0.3 is 0 Å². The number of rotatable bonds is 4. The molecule has 94 valence electrons. The monoisotopic (exact) mass is 293 g/mol. The van der Waals surface area contributed by atoms with Crippen LogP contribution in [0.25, 0.3) is 0 Å². The highest BCUT2D eigenvalue weighted by molar-refractivity contribution is 8.00. The van der Waals surface area contributed by atoms with Gasteiger partial charge in [-0.1, -0.05) is 35.0 Å². The molecule has 0 atom stereocenters. The number of halogens is 2. The van der Waals surface area contributed by atoms with Crippen LogP contribution in [0, 0.1) is 0 Å². The molecule has 0 saturated heterocycles. The molecule has 0 fully saturated rings. The van der Waals surface area contributed by atoms with Gasteiger partial charge in [-0.05, 0) is 19.9 Å². The summed E-state index contributed by atoms with van der Waals surface area (Å²) in [4.78, 5) is 15.5. The maximum Gasteiger partial charge on any atom is 0.230 e. The second-order valence-corrected chi connectivity index (χ2v) is 5.43. The van der Waals surface area contributed by atoms with E-state index in [1.807, 2.05) is 13.8 Å². The van der Waals surface area contributed by atoms with Gasteiger partial charge < -0.3 is 11.1 Å². The topological polar surface area (TPSA) is 68.0 Å². The van der Waals surface area contributed by atoms with Crippen LogP contribution in [-0.2, 0) is 4.79 Å². The lowest BCUT2D eigenvalue weighted by atomic mass is 10.4. The zero-order valence-corrected chi connectivity index (χ0v) is 11.8. The average Bonchev–Trinajstić information content (AvgIpc) is 2.20. The zero-order valence-electron chi connectivity index (χ0n) is 9.46. The largest absolute Gasteiger partial charge is 0.382 e. The number of nitrogen functional groups attached to an aromatic ring is 1. The van der Waals surface area contributed by atoms with Crippen molar-refractivity contribution in [1.29, 1.82) is 0 Å². The maximum atomic E-state index is 11.4. The van der Waals surface area contributed by atoms with Gasteiger partial charge in [-0.25, -0.2) is 4.98 Å².